The van der Waals surface area contributed by atoms with Gasteiger partial charge in [-0.1, -0.05) is 6.42 Å². The first-order valence-corrected chi connectivity index (χ1v) is 6.70. The van der Waals surface area contributed by atoms with Crippen molar-refractivity contribution in [2.24, 2.45) is 0 Å². The lowest BCUT2D eigenvalue weighted by Gasteiger charge is -2.39. The van der Waals surface area contributed by atoms with Gasteiger partial charge in [0.05, 0.1) is 22.6 Å². The summed E-state index contributed by atoms with van der Waals surface area (Å²) in [6, 6.07) is 2.07. The van der Waals surface area contributed by atoms with E-state index in [2.05, 4.69) is 15.9 Å². The van der Waals surface area contributed by atoms with Crippen LogP contribution in [0.2, 0.25) is 0 Å². The maximum absolute atomic E-state index is 13.2. The van der Waals surface area contributed by atoms with Gasteiger partial charge in [-0.25, -0.2) is 0 Å². The Balaban J connectivity index is 2.68. The van der Waals surface area contributed by atoms with Crippen molar-refractivity contribution in [3.8, 4) is 5.75 Å². The largest absolute Gasteiger partial charge is 0.496 e. The Morgan fingerprint density at radius 3 is 2.35 bits per heavy atom. The highest BCUT2D eigenvalue weighted by Gasteiger charge is 2.50. The van der Waals surface area contributed by atoms with Crippen LogP contribution in [0.3, 0.4) is 0 Å². The normalized spacial score (nSPS) is 17.4. The standard InChI is InChI=1S/C13H12BrF3O3/c1-20-10-6-8(13(15,16)17)7(5-9(10)14)12(11(18)19)3-2-4-12/h5-6H,2-4H2,1H3,(H,18,19). The number of ether oxygens (including phenoxy) is 1. The van der Waals surface area contributed by atoms with Crippen molar-refractivity contribution in [3.63, 3.8) is 0 Å². The van der Waals surface area contributed by atoms with Crippen LogP contribution in [0.25, 0.3) is 0 Å². The highest BCUT2D eigenvalue weighted by molar-refractivity contribution is 9.10. The van der Waals surface area contributed by atoms with E-state index < -0.39 is 23.1 Å². The third-order valence-corrected chi connectivity index (χ3v) is 4.35. The van der Waals surface area contributed by atoms with Crippen molar-refractivity contribution in [1.29, 1.82) is 0 Å². The Hall–Kier alpha value is -1.24. The van der Waals surface area contributed by atoms with E-state index in [0.29, 0.717) is 10.9 Å². The molecule has 1 aromatic rings. The fraction of sp³-hybridized carbons (Fsp3) is 0.462. The molecule has 1 aliphatic carbocycles. The summed E-state index contributed by atoms with van der Waals surface area (Å²) >= 11 is 3.12. The van der Waals surface area contributed by atoms with Crippen LogP contribution in [-0.4, -0.2) is 18.2 Å². The van der Waals surface area contributed by atoms with Gasteiger partial charge in [0.15, 0.2) is 0 Å². The number of benzene rings is 1. The van der Waals surface area contributed by atoms with Crippen LogP contribution < -0.4 is 4.74 Å². The lowest BCUT2D eigenvalue weighted by Crippen LogP contribution is -2.43. The molecule has 0 bridgehead atoms. The molecule has 1 saturated carbocycles. The van der Waals surface area contributed by atoms with E-state index in [9.17, 15) is 23.1 Å². The van der Waals surface area contributed by atoms with Crippen LogP contribution in [0.15, 0.2) is 16.6 Å². The molecule has 2 rings (SSSR count). The van der Waals surface area contributed by atoms with Crippen molar-refractivity contribution in [1.82, 2.24) is 0 Å². The molecule has 0 spiro atoms. The second kappa shape index (κ2) is 4.95. The minimum atomic E-state index is -4.62. The van der Waals surface area contributed by atoms with E-state index in [1.54, 1.807) is 0 Å². The van der Waals surface area contributed by atoms with Crippen LogP contribution in [0, 0.1) is 0 Å². The Kier molecular flexibility index (Phi) is 3.75. The number of halogens is 4. The van der Waals surface area contributed by atoms with Gasteiger partial charge in [-0.05, 0) is 46.5 Å². The maximum Gasteiger partial charge on any atom is 0.416 e. The average molecular weight is 353 g/mol. The minimum absolute atomic E-state index is 0.0286. The van der Waals surface area contributed by atoms with Crippen LogP contribution in [0.1, 0.15) is 30.4 Å². The average Bonchev–Trinajstić information content (AvgIpc) is 2.25. The van der Waals surface area contributed by atoms with Crippen molar-refractivity contribution in [2.45, 2.75) is 30.9 Å². The molecule has 110 valence electrons. The molecular weight excluding hydrogens is 341 g/mol. The van der Waals surface area contributed by atoms with Gasteiger partial charge in [-0.3, -0.25) is 4.79 Å². The molecule has 0 radical (unpaired) electrons. The minimum Gasteiger partial charge on any atom is -0.496 e. The second-order valence-corrected chi connectivity index (χ2v) is 5.63. The monoisotopic (exact) mass is 352 g/mol. The molecule has 0 heterocycles. The summed E-state index contributed by atoms with van der Waals surface area (Å²) < 4.78 is 44.7. The summed E-state index contributed by atoms with van der Waals surface area (Å²) in [7, 11) is 1.26. The molecule has 1 aromatic carbocycles. The van der Waals surface area contributed by atoms with Gasteiger partial charge in [-0.15, -0.1) is 0 Å². The second-order valence-electron chi connectivity index (χ2n) is 4.77. The fourth-order valence-corrected chi connectivity index (χ4v) is 2.97. The van der Waals surface area contributed by atoms with Gasteiger partial charge in [0, 0.05) is 0 Å². The van der Waals surface area contributed by atoms with E-state index >= 15 is 0 Å². The summed E-state index contributed by atoms with van der Waals surface area (Å²) in [6.45, 7) is 0. The maximum atomic E-state index is 13.2. The molecule has 1 N–H and O–H groups in total. The third-order valence-electron chi connectivity index (χ3n) is 3.73. The molecule has 7 heteroatoms. The first kappa shape index (κ1) is 15.2. The van der Waals surface area contributed by atoms with Crippen molar-refractivity contribution in [3.05, 3.63) is 27.7 Å². The van der Waals surface area contributed by atoms with Gasteiger partial charge < -0.3 is 9.84 Å². The van der Waals surface area contributed by atoms with Gasteiger partial charge >= 0.3 is 12.1 Å². The topological polar surface area (TPSA) is 46.5 Å². The predicted octanol–water partition coefficient (Wildman–Crippen LogP) is 3.98. The molecule has 20 heavy (non-hydrogen) atoms. The summed E-state index contributed by atoms with van der Waals surface area (Å²) in [5.41, 5.74) is -2.59. The highest BCUT2D eigenvalue weighted by atomic mass is 79.9. The van der Waals surface area contributed by atoms with Crippen LogP contribution in [0.5, 0.6) is 5.75 Å². The number of methoxy groups -OCH3 is 1. The molecule has 0 saturated heterocycles. The van der Waals surface area contributed by atoms with E-state index in [1.165, 1.54) is 13.2 Å². The van der Waals surface area contributed by atoms with Gasteiger partial charge in [-0.2, -0.15) is 13.2 Å². The summed E-state index contributed by atoms with van der Waals surface area (Å²) in [4.78, 5) is 11.4. The van der Waals surface area contributed by atoms with Gasteiger partial charge in [0.25, 0.3) is 0 Å². The Labute approximate surface area is 121 Å². The lowest BCUT2D eigenvalue weighted by molar-refractivity contribution is -0.149. The number of carboxylic acid groups (broad SMARTS) is 1. The number of aliphatic carboxylic acids is 1. The SMILES string of the molecule is COc1cc(C(F)(F)F)c(C2(C(=O)O)CCC2)cc1Br. The van der Waals surface area contributed by atoms with E-state index in [1.807, 2.05) is 0 Å². The summed E-state index contributed by atoms with van der Waals surface area (Å²) in [5.74, 6) is -1.19. The quantitative estimate of drug-likeness (QED) is 0.894. The van der Waals surface area contributed by atoms with Gasteiger partial charge in [0.1, 0.15) is 5.75 Å². The van der Waals surface area contributed by atoms with Gasteiger partial charge in [0.2, 0.25) is 0 Å². The smallest absolute Gasteiger partial charge is 0.416 e. The molecule has 1 aliphatic rings. The van der Waals surface area contributed by atoms with Crippen molar-refractivity contribution >= 4 is 21.9 Å². The van der Waals surface area contributed by atoms with Crippen LogP contribution in [-0.2, 0) is 16.4 Å². The molecule has 0 amide bonds. The number of hydrogen-bond donors (Lipinski definition) is 1. The van der Waals surface area contributed by atoms with E-state index in [0.717, 1.165) is 6.07 Å². The Morgan fingerprint density at radius 1 is 1.40 bits per heavy atom. The number of carboxylic acids is 1. The lowest BCUT2D eigenvalue weighted by atomic mass is 9.63. The number of hydrogen-bond acceptors (Lipinski definition) is 2. The zero-order valence-electron chi connectivity index (χ0n) is 10.6. The summed E-state index contributed by atoms with van der Waals surface area (Å²) in [6.07, 6.45) is -3.59. The van der Waals surface area contributed by atoms with Crippen LogP contribution in [0.4, 0.5) is 13.2 Å². The number of carbonyl (C=O) groups is 1. The van der Waals surface area contributed by atoms with Crippen molar-refractivity contribution < 1.29 is 27.8 Å². The number of rotatable bonds is 3. The molecule has 0 atom stereocenters. The first-order valence-electron chi connectivity index (χ1n) is 5.91. The molecule has 0 unspecified atom stereocenters. The third kappa shape index (κ3) is 2.28. The highest BCUT2D eigenvalue weighted by Crippen LogP contribution is 2.50. The Morgan fingerprint density at radius 2 is 2.00 bits per heavy atom. The zero-order chi connectivity index (χ0) is 15.1. The summed E-state index contributed by atoms with van der Waals surface area (Å²) in [5, 5.41) is 9.33. The van der Waals surface area contributed by atoms with E-state index in [-0.39, 0.29) is 24.2 Å². The fourth-order valence-electron chi connectivity index (χ4n) is 2.47. The Bertz CT molecular complexity index is 551. The zero-order valence-corrected chi connectivity index (χ0v) is 12.1. The molecule has 0 aromatic heterocycles. The number of alkyl halides is 3. The molecule has 3 nitrogen and oxygen atoms in total. The van der Waals surface area contributed by atoms with E-state index in [4.69, 9.17) is 4.74 Å². The van der Waals surface area contributed by atoms with Crippen LogP contribution >= 0.6 is 15.9 Å². The molecule has 0 aliphatic heterocycles. The molecule has 1 fully saturated rings. The predicted molar refractivity (Wildman–Crippen MR) is 68.9 cm³/mol. The first-order chi connectivity index (χ1) is 9.22. The molecular formula is C13H12BrF3O3. The van der Waals surface area contributed by atoms with Crippen molar-refractivity contribution in [2.75, 3.05) is 7.11 Å².